The van der Waals surface area contributed by atoms with E-state index in [2.05, 4.69) is 31.2 Å². The molecule has 0 aromatic heterocycles. The third kappa shape index (κ3) is 3.45. The van der Waals surface area contributed by atoms with E-state index in [1.165, 1.54) is 58.0 Å². The number of nitrogens with one attached hydrogen (secondary N) is 1. The quantitative estimate of drug-likeness (QED) is 0.765. The van der Waals surface area contributed by atoms with E-state index in [1.807, 2.05) is 0 Å². The maximum Gasteiger partial charge on any atom is 0.00923 e. The maximum absolute atomic E-state index is 3.44. The molecular weight excluding hydrogens is 208 g/mol. The van der Waals surface area contributed by atoms with Crippen LogP contribution in [0.25, 0.3) is 0 Å². The molecule has 17 heavy (non-hydrogen) atoms. The van der Waals surface area contributed by atoms with Gasteiger partial charge in [0.25, 0.3) is 0 Å². The van der Waals surface area contributed by atoms with Crippen molar-refractivity contribution < 1.29 is 0 Å². The lowest BCUT2D eigenvalue weighted by molar-refractivity contribution is 0.0928. The first-order chi connectivity index (χ1) is 8.17. The van der Waals surface area contributed by atoms with Gasteiger partial charge in [0.2, 0.25) is 0 Å². The number of rotatable bonds is 6. The van der Waals surface area contributed by atoms with Gasteiger partial charge in [-0.05, 0) is 58.0 Å². The molecular formula is C15H30N2. The predicted octanol–water partition coefficient (Wildman–Crippen LogP) is 2.89. The van der Waals surface area contributed by atoms with Crippen molar-refractivity contribution in [3.8, 4) is 0 Å². The monoisotopic (exact) mass is 238 g/mol. The smallest absolute Gasteiger partial charge is 0.00923 e. The summed E-state index contributed by atoms with van der Waals surface area (Å²) in [6.07, 6.45) is 10.1. The van der Waals surface area contributed by atoms with Gasteiger partial charge in [-0.3, -0.25) is 0 Å². The summed E-state index contributed by atoms with van der Waals surface area (Å²) >= 11 is 0. The topological polar surface area (TPSA) is 15.3 Å². The van der Waals surface area contributed by atoms with Crippen molar-refractivity contribution in [1.82, 2.24) is 10.2 Å². The average Bonchev–Trinajstić information content (AvgIpc) is 3.13. The van der Waals surface area contributed by atoms with Crippen molar-refractivity contribution in [2.75, 3.05) is 27.2 Å². The lowest BCUT2D eigenvalue weighted by atomic mass is 9.73. The fraction of sp³-hybridized carbons (Fsp3) is 1.00. The highest BCUT2D eigenvalue weighted by Crippen LogP contribution is 2.39. The van der Waals surface area contributed by atoms with Crippen molar-refractivity contribution in [1.29, 1.82) is 0 Å². The average molecular weight is 238 g/mol. The van der Waals surface area contributed by atoms with Crippen molar-refractivity contribution >= 4 is 0 Å². The molecule has 1 atom stereocenters. The van der Waals surface area contributed by atoms with Crippen molar-refractivity contribution in [2.45, 2.75) is 57.9 Å². The lowest BCUT2D eigenvalue weighted by Crippen LogP contribution is -2.46. The Bertz CT molecular complexity index is 224. The van der Waals surface area contributed by atoms with Crippen LogP contribution in [-0.4, -0.2) is 38.1 Å². The molecule has 0 aromatic carbocycles. The number of nitrogens with zero attached hydrogens (tertiary/aromatic N) is 1. The fourth-order valence-corrected chi connectivity index (χ4v) is 3.68. The summed E-state index contributed by atoms with van der Waals surface area (Å²) in [5, 5.41) is 3.44. The zero-order valence-corrected chi connectivity index (χ0v) is 12.0. The van der Waals surface area contributed by atoms with E-state index in [1.54, 1.807) is 0 Å². The maximum atomic E-state index is 3.44. The zero-order chi connectivity index (χ0) is 12.3. The fourth-order valence-electron chi connectivity index (χ4n) is 3.68. The minimum Gasteiger partial charge on any atom is -0.319 e. The van der Waals surface area contributed by atoms with E-state index >= 15 is 0 Å². The van der Waals surface area contributed by atoms with E-state index in [4.69, 9.17) is 0 Å². The van der Waals surface area contributed by atoms with Crippen LogP contribution in [0.3, 0.4) is 0 Å². The molecule has 2 rings (SSSR count). The molecule has 2 saturated carbocycles. The lowest BCUT2D eigenvalue weighted by Gasteiger charge is -2.42. The first kappa shape index (κ1) is 13.4. The van der Waals surface area contributed by atoms with E-state index in [9.17, 15) is 0 Å². The van der Waals surface area contributed by atoms with Crippen molar-refractivity contribution in [2.24, 2.45) is 11.3 Å². The van der Waals surface area contributed by atoms with Crippen LogP contribution in [-0.2, 0) is 0 Å². The van der Waals surface area contributed by atoms with Crippen LogP contribution in [0, 0.1) is 11.3 Å². The number of hydrogen-bond donors (Lipinski definition) is 1. The summed E-state index contributed by atoms with van der Waals surface area (Å²) in [5.74, 6) is 0.996. The minimum atomic E-state index is 0.560. The Hall–Kier alpha value is -0.0800. The minimum absolute atomic E-state index is 0.560. The summed E-state index contributed by atoms with van der Waals surface area (Å²) in [7, 11) is 4.45. The molecule has 2 aliphatic rings. The summed E-state index contributed by atoms with van der Waals surface area (Å²) in [6.45, 7) is 4.92. The molecule has 2 fully saturated rings. The van der Waals surface area contributed by atoms with Gasteiger partial charge < -0.3 is 10.2 Å². The number of hydrogen-bond acceptors (Lipinski definition) is 2. The highest BCUT2D eigenvalue weighted by molar-refractivity contribution is 4.91. The Balaban J connectivity index is 1.90. The predicted molar refractivity (Wildman–Crippen MR) is 74.3 cm³/mol. The Kier molecular flexibility index (Phi) is 4.48. The van der Waals surface area contributed by atoms with Gasteiger partial charge in [0.15, 0.2) is 0 Å². The van der Waals surface area contributed by atoms with Gasteiger partial charge in [-0.2, -0.15) is 0 Å². The van der Waals surface area contributed by atoms with Crippen LogP contribution in [0.4, 0.5) is 0 Å². The molecule has 100 valence electrons. The second kappa shape index (κ2) is 5.71. The van der Waals surface area contributed by atoms with Crippen LogP contribution in [0.15, 0.2) is 0 Å². The van der Waals surface area contributed by atoms with Crippen molar-refractivity contribution in [3.63, 3.8) is 0 Å². The molecule has 0 saturated heterocycles. The van der Waals surface area contributed by atoms with Gasteiger partial charge in [0, 0.05) is 19.1 Å². The van der Waals surface area contributed by atoms with Crippen LogP contribution in [0.2, 0.25) is 0 Å². The summed E-state index contributed by atoms with van der Waals surface area (Å²) in [4.78, 5) is 2.64. The molecule has 0 radical (unpaired) electrons. The Labute approximate surface area is 107 Å². The van der Waals surface area contributed by atoms with Crippen LogP contribution < -0.4 is 5.32 Å². The summed E-state index contributed by atoms with van der Waals surface area (Å²) in [5.41, 5.74) is 0.560. The third-order valence-corrected chi connectivity index (χ3v) is 5.05. The summed E-state index contributed by atoms with van der Waals surface area (Å²) < 4.78 is 0. The van der Waals surface area contributed by atoms with Gasteiger partial charge in [-0.25, -0.2) is 0 Å². The first-order valence-electron chi connectivity index (χ1n) is 7.52. The van der Waals surface area contributed by atoms with E-state index < -0.39 is 0 Å². The van der Waals surface area contributed by atoms with Gasteiger partial charge in [0.05, 0.1) is 0 Å². The third-order valence-electron chi connectivity index (χ3n) is 5.05. The molecule has 2 aliphatic carbocycles. The zero-order valence-electron chi connectivity index (χ0n) is 12.0. The molecule has 2 heteroatoms. The van der Waals surface area contributed by atoms with Crippen LogP contribution >= 0.6 is 0 Å². The highest BCUT2D eigenvalue weighted by atomic mass is 15.1. The van der Waals surface area contributed by atoms with Crippen LogP contribution in [0.5, 0.6) is 0 Å². The molecule has 0 bridgehead atoms. The standard InChI is InChI=1S/C15H30N2/c1-13(14-7-8-14)17(3)12-15(11-16-2)9-5-4-6-10-15/h13-14,16H,4-12H2,1-3H3. The molecule has 0 spiro atoms. The highest BCUT2D eigenvalue weighted by Gasteiger charge is 2.36. The molecule has 2 nitrogen and oxygen atoms in total. The largest absolute Gasteiger partial charge is 0.319 e. The first-order valence-corrected chi connectivity index (χ1v) is 7.52. The molecule has 0 heterocycles. The second-order valence-electron chi connectivity index (χ2n) is 6.58. The van der Waals surface area contributed by atoms with Gasteiger partial charge in [-0.15, -0.1) is 0 Å². The van der Waals surface area contributed by atoms with Crippen molar-refractivity contribution in [3.05, 3.63) is 0 Å². The summed E-state index contributed by atoms with van der Waals surface area (Å²) in [6, 6.07) is 0.797. The van der Waals surface area contributed by atoms with Crippen LogP contribution in [0.1, 0.15) is 51.9 Å². The van der Waals surface area contributed by atoms with E-state index in [0.29, 0.717) is 5.41 Å². The molecule has 0 amide bonds. The second-order valence-corrected chi connectivity index (χ2v) is 6.58. The molecule has 1 unspecified atom stereocenters. The Morgan fingerprint density at radius 1 is 1.24 bits per heavy atom. The van der Waals surface area contributed by atoms with E-state index in [0.717, 1.165) is 12.0 Å². The van der Waals surface area contributed by atoms with Gasteiger partial charge in [-0.1, -0.05) is 19.3 Å². The van der Waals surface area contributed by atoms with Gasteiger partial charge in [0.1, 0.15) is 0 Å². The van der Waals surface area contributed by atoms with Gasteiger partial charge >= 0.3 is 0 Å². The SMILES string of the molecule is CNCC1(CN(C)C(C)C2CC2)CCCCC1. The molecule has 0 aliphatic heterocycles. The normalized spacial score (nSPS) is 26.1. The molecule has 0 aromatic rings. The molecule has 1 N–H and O–H groups in total. The Morgan fingerprint density at radius 3 is 2.41 bits per heavy atom. The Morgan fingerprint density at radius 2 is 1.88 bits per heavy atom. The van der Waals surface area contributed by atoms with E-state index in [-0.39, 0.29) is 0 Å².